The molecule has 18 heavy (non-hydrogen) atoms. The largest absolute Gasteiger partial charge is 0.378 e. The zero-order chi connectivity index (χ0) is 12.8. The van der Waals surface area contributed by atoms with Gasteiger partial charge in [0.2, 0.25) is 0 Å². The van der Waals surface area contributed by atoms with Gasteiger partial charge in [0.25, 0.3) is 0 Å². The number of rotatable bonds is 3. The van der Waals surface area contributed by atoms with E-state index in [0.29, 0.717) is 5.17 Å². The molecule has 2 aromatic carbocycles. The molecule has 0 fully saturated rings. The van der Waals surface area contributed by atoms with Crippen LogP contribution in [0.1, 0.15) is 0 Å². The Labute approximate surface area is 116 Å². The predicted molar refractivity (Wildman–Crippen MR) is 81.8 cm³/mol. The van der Waals surface area contributed by atoms with E-state index in [0.717, 1.165) is 10.6 Å². The Kier molecular flexibility index (Phi) is 4.73. The Hall–Kier alpha value is -1.39. The Morgan fingerprint density at radius 3 is 2.39 bits per heavy atom. The third kappa shape index (κ3) is 3.55. The maximum atomic E-state index is 5.77. The van der Waals surface area contributed by atoms with Crippen LogP contribution in [-0.2, 0) is 0 Å². The van der Waals surface area contributed by atoms with E-state index in [1.54, 1.807) is 11.8 Å². The van der Waals surface area contributed by atoms with Crippen molar-refractivity contribution in [3.8, 4) is 0 Å². The first-order valence-electron chi connectivity index (χ1n) is 5.49. The highest BCUT2D eigenvalue weighted by Gasteiger charge is 2.03. The maximum Gasteiger partial charge on any atom is 0.158 e. The van der Waals surface area contributed by atoms with Gasteiger partial charge in [-0.25, -0.2) is 4.99 Å². The number of hydrogen-bond acceptors (Lipinski definition) is 3. The van der Waals surface area contributed by atoms with Crippen LogP contribution >= 0.6 is 23.5 Å². The topological polar surface area (TPSA) is 38.4 Å². The Balaban J connectivity index is 2.28. The van der Waals surface area contributed by atoms with Gasteiger partial charge in [-0.05, 0) is 30.5 Å². The van der Waals surface area contributed by atoms with Gasteiger partial charge in [-0.1, -0.05) is 53.9 Å². The number of thioether (sulfide) groups is 1. The Morgan fingerprint density at radius 2 is 1.67 bits per heavy atom. The molecule has 0 radical (unpaired) electrons. The number of aliphatic imine (C=N–C) groups is 1. The second-order valence-corrected chi connectivity index (χ2v) is 5.48. The molecule has 0 saturated carbocycles. The molecule has 0 aliphatic rings. The Morgan fingerprint density at radius 1 is 1.00 bits per heavy atom. The fourth-order valence-corrected chi connectivity index (χ4v) is 2.52. The van der Waals surface area contributed by atoms with E-state index in [2.05, 4.69) is 23.2 Å². The highest BCUT2D eigenvalue weighted by Crippen LogP contribution is 2.34. The molecule has 0 heterocycles. The second-order valence-electron chi connectivity index (χ2n) is 3.54. The fraction of sp³-hybridized carbons (Fsp3) is 0.0714. The summed E-state index contributed by atoms with van der Waals surface area (Å²) in [6.07, 6.45) is 1.92. The molecule has 0 unspecified atom stereocenters. The number of nitrogens with two attached hydrogens (primary N) is 1. The molecule has 2 nitrogen and oxygen atoms in total. The van der Waals surface area contributed by atoms with Crippen molar-refractivity contribution in [1.82, 2.24) is 0 Å². The van der Waals surface area contributed by atoms with E-state index >= 15 is 0 Å². The summed E-state index contributed by atoms with van der Waals surface area (Å²) in [5, 5.41) is 0.580. The minimum absolute atomic E-state index is 0.580. The van der Waals surface area contributed by atoms with Crippen molar-refractivity contribution >= 4 is 34.4 Å². The van der Waals surface area contributed by atoms with Crippen molar-refractivity contribution in [2.75, 3.05) is 6.26 Å². The lowest BCUT2D eigenvalue weighted by molar-refractivity contribution is 1.35. The average Bonchev–Trinajstić information content (AvgIpc) is 2.42. The molecule has 92 valence electrons. The minimum Gasteiger partial charge on any atom is -0.378 e. The SMILES string of the molecule is CSC(N)=Nc1ccccc1Sc1ccccc1. The molecule has 0 aliphatic carbocycles. The summed E-state index contributed by atoms with van der Waals surface area (Å²) >= 11 is 3.15. The molecule has 2 rings (SSSR count). The van der Waals surface area contributed by atoms with Gasteiger partial charge in [0.15, 0.2) is 5.17 Å². The van der Waals surface area contributed by atoms with E-state index in [4.69, 9.17) is 5.73 Å². The Bertz CT molecular complexity index is 539. The average molecular weight is 274 g/mol. The standard InChI is InChI=1S/C14H14N2S2/c1-17-14(15)16-12-9-5-6-10-13(12)18-11-7-3-2-4-8-11/h2-10H,1H3,(H2,15,16). The van der Waals surface area contributed by atoms with Crippen molar-refractivity contribution in [3.05, 3.63) is 54.6 Å². The molecule has 0 spiro atoms. The van der Waals surface area contributed by atoms with Gasteiger partial charge in [0.1, 0.15) is 0 Å². The molecule has 0 saturated heterocycles. The number of nitrogens with zero attached hydrogens (tertiary/aromatic N) is 1. The first-order valence-corrected chi connectivity index (χ1v) is 7.54. The van der Waals surface area contributed by atoms with E-state index in [1.165, 1.54) is 16.7 Å². The minimum atomic E-state index is 0.580. The van der Waals surface area contributed by atoms with Crippen LogP contribution in [-0.4, -0.2) is 11.4 Å². The zero-order valence-electron chi connectivity index (χ0n) is 10.0. The lowest BCUT2D eigenvalue weighted by Gasteiger charge is -2.05. The smallest absolute Gasteiger partial charge is 0.158 e. The summed E-state index contributed by atoms with van der Waals surface area (Å²) in [7, 11) is 0. The van der Waals surface area contributed by atoms with Crippen molar-refractivity contribution < 1.29 is 0 Å². The monoisotopic (exact) mass is 274 g/mol. The van der Waals surface area contributed by atoms with E-state index < -0.39 is 0 Å². The van der Waals surface area contributed by atoms with Crippen LogP contribution in [0.2, 0.25) is 0 Å². The number of amidine groups is 1. The van der Waals surface area contributed by atoms with Gasteiger partial charge >= 0.3 is 0 Å². The number of para-hydroxylation sites is 1. The van der Waals surface area contributed by atoms with Crippen molar-refractivity contribution in [1.29, 1.82) is 0 Å². The molecular formula is C14H14N2S2. The van der Waals surface area contributed by atoms with Crippen LogP contribution in [0.15, 0.2) is 69.4 Å². The molecule has 4 heteroatoms. The summed E-state index contributed by atoms with van der Waals surface area (Å²) < 4.78 is 0. The number of benzene rings is 2. The highest BCUT2D eigenvalue weighted by molar-refractivity contribution is 8.13. The third-order valence-corrected chi connectivity index (χ3v) is 3.86. The molecule has 0 aliphatic heterocycles. The van der Waals surface area contributed by atoms with Gasteiger partial charge in [-0.15, -0.1) is 0 Å². The zero-order valence-corrected chi connectivity index (χ0v) is 11.7. The lowest BCUT2D eigenvalue weighted by Crippen LogP contribution is -2.04. The summed E-state index contributed by atoms with van der Waals surface area (Å²) in [6.45, 7) is 0. The summed E-state index contributed by atoms with van der Waals surface area (Å²) in [5.41, 5.74) is 6.69. The first-order chi connectivity index (χ1) is 8.79. The molecular weight excluding hydrogens is 260 g/mol. The summed E-state index contributed by atoms with van der Waals surface area (Å²) in [5.74, 6) is 0. The van der Waals surface area contributed by atoms with Crippen molar-refractivity contribution in [2.24, 2.45) is 10.7 Å². The third-order valence-electron chi connectivity index (χ3n) is 2.28. The molecule has 0 atom stereocenters. The van der Waals surface area contributed by atoms with Crippen LogP contribution < -0.4 is 5.73 Å². The summed E-state index contributed by atoms with van der Waals surface area (Å²) in [6, 6.07) is 18.3. The lowest BCUT2D eigenvalue weighted by atomic mass is 10.3. The molecule has 0 amide bonds. The van der Waals surface area contributed by atoms with Crippen LogP contribution in [0.3, 0.4) is 0 Å². The van der Waals surface area contributed by atoms with Gasteiger partial charge in [-0.2, -0.15) is 0 Å². The fourth-order valence-electron chi connectivity index (χ4n) is 1.42. The maximum absolute atomic E-state index is 5.77. The molecule has 0 aromatic heterocycles. The van der Waals surface area contributed by atoms with Crippen molar-refractivity contribution in [2.45, 2.75) is 9.79 Å². The van der Waals surface area contributed by atoms with E-state index in [1.807, 2.05) is 42.7 Å². The molecule has 0 bridgehead atoms. The van der Waals surface area contributed by atoms with Crippen LogP contribution in [0.4, 0.5) is 5.69 Å². The van der Waals surface area contributed by atoms with Gasteiger partial charge in [0, 0.05) is 9.79 Å². The highest BCUT2D eigenvalue weighted by atomic mass is 32.2. The van der Waals surface area contributed by atoms with Gasteiger partial charge in [-0.3, -0.25) is 0 Å². The molecule has 2 N–H and O–H groups in total. The van der Waals surface area contributed by atoms with E-state index in [-0.39, 0.29) is 0 Å². The van der Waals surface area contributed by atoms with Gasteiger partial charge < -0.3 is 5.73 Å². The van der Waals surface area contributed by atoms with Gasteiger partial charge in [0.05, 0.1) is 5.69 Å². The second kappa shape index (κ2) is 6.52. The normalized spacial score (nSPS) is 11.5. The van der Waals surface area contributed by atoms with Crippen molar-refractivity contribution in [3.63, 3.8) is 0 Å². The number of hydrogen-bond donors (Lipinski definition) is 1. The van der Waals surface area contributed by atoms with Crippen LogP contribution in [0.5, 0.6) is 0 Å². The van der Waals surface area contributed by atoms with Crippen LogP contribution in [0, 0.1) is 0 Å². The predicted octanol–water partition coefficient (Wildman–Crippen LogP) is 4.15. The summed E-state index contributed by atoms with van der Waals surface area (Å²) in [4.78, 5) is 6.72. The molecule has 2 aromatic rings. The van der Waals surface area contributed by atoms with E-state index in [9.17, 15) is 0 Å². The first kappa shape index (κ1) is 13.1. The van der Waals surface area contributed by atoms with Crippen LogP contribution in [0.25, 0.3) is 0 Å². The quantitative estimate of drug-likeness (QED) is 0.675.